The molecule has 0 atom stereocenters. The summed E-state index contributed by atoms with van der Waals surface area (Å²) in [6.07, 6.45) is 0.264. The van der Waals surface area contributed by atoms with E-state index in [4.69, 9.17) is 0 Å². The van der Waals surface area contributed by atoms with Gasteiger partial charge in [0.05, 0.1) is 18.7 Å². The van der Waals surface area contributed by atoms with Gasteiger partial charge in [0.15, 0.2) is 0 Å². The van der Waals surface area contributed by atoms with Crippen molar-refractivity contribution in [3.63, 3.8) is 0 Å². The molecule has 26 heavy (non-hydrogen) atoms. The number of carbonyl (C=O) groups is 2. The zero-order valence-electron chi connectivity index (χ0n) is 14.4. The normalized spacial score (nSPS) is 10.5. The third-order valence-corrected chi connectivity index (χ3v) is 4.87. The third kappa shape index (κ3) is 4.29. The summed E-state index contributed by atoms with van der Waals surface area (Å²) in [4.78, 5) is 26.2. The number of hydrogen-bond acceptors (Lipinski definition) is 2. The van der Waals surface area contributed by atoms with Crippen LogP contribution in [-0.4, -0.2) is 30.3 Å². The molecular formula is C21H19BrN2O2. The van der Waals surface area contributed by atoms with E-state index in [2.05, 4.69) is 21.2 Å². The predicted molar refractivity (Wildman–Crippen MR) is 108 cm³/mol. The van der Waals surface area contributed by atoms with Crippen LogP contribution in [-0.2, 0) is 16.0 Å². The molecule has 1 N–H and O–H groups in total. The molecule has 4 nitrogen and oxygen atoms in total. The lowest BCUT2D eigenvalue weighted by molar-refractivity contribution is -0.132. The van der Waals surface area contributed by atoms with Crippen molar-refractivity contribution in [1.29, 1.82) is 0 Å². The standard InChI is InChI=1S/C21H19BrN2O2/c1-24(14-20(25)23-19-12-5-4-11-18(19)22)21(26)13-16-9-6-8-15-7-2-3-10-17(15)16/h2-12H,13-14H2,1H3,(H,23,25). The Balaban J connectivity index is 1.64. The van der Waals surface area contributed by atoms with E-state index in [1.807, 2.05) is 60.7 Å². The van der Waals surface area contributed by atoms with E-state index in [1.165, 1.54) is 4.90 Å². The Hall–Kier alpha value is -2.66. The predicted octanol–water partition coefficient (Wildman–Crippen LogP) is 4.24. The Bertz CT molecular complexity index is 950. The van der Waals surface area contributed by atoms with Crippen molar-refractivity contribution >= 4 is 44.2 Å². The summed E-state index contributed by atoms with van der Waals surface area (Å²) in [5.41, 5.74) is 1.65. The summed E-state index contributed by atoms with van der Waals surface area (Å²) in [5.74, 6) is -0.325. The molecule has 0 saturated heterocycles. The fourth-order valence-electron chi connectivity index (χ4n) is 2.80. The lowest BCUT2D eigenvalue weighted by Crippen LogP contribution is -2.35. The number of rotatable bonds is 5. The molecule has 0 bridgehead atoms. The van der Waals surface area contributed by atoms with E-state index in [-0.39, 0.29) is 24.8 Å². The Morgan fingerprint density at radius 2 is 1.65 bits per heavy atom. The zero-order valence-corrected chi connectivity index (χ0v) is 16.0. The van der Waals surface area contributed by atoms with Crippen LogP contribution in [0.3, 0.4) is 0 Å². The maximum atomic E-state index is 12.5. The van der Waals surface area contributed by atoms with E-state index < -0.39 is 0 Å². The second kappa shape index (κ2) is 8.15. The van der Waals surface area contributed by atoms with Crippen LogP contribution in [0.15, 0.2) is 71.2 Å². The van der Waals surface area contributed by atoms with Crippen LogP contribution in [0.5, 0.6) is 0 Å². The lowest BCUT2D eigenvalue weighted by Gasteiger charge is -2.18. The highest BCUT2D eigenvalue weighted by molar-refractivity contribution is 9.10. The van der Waals surface area contributed by atoms with Gasteiger partial charge in [-0.25, -0.2) is 0 Å². The Morgan fingerprint density at radius 1 is 0.962 bits per heavy atom. The fourth-order valence-corrected chi connectivity index (χ4v) is 3.18. The zero-order chi connectivity index (χ0) is 18.5. The van der Waals surface area contributed by atoms with Gasteiger partial charge in [0, 0.05) is 11.5 Å². The number of amides is 2. The average molecular weight is 411 g/mol. The SMILES string of the molecule is CN(CC(=O)Nc1ccccc1Br)C(=O)Cc1cccc2ccccc12. The minimum Gasteiger partial charge on any atom is -0.336 e. The first-order valence-corrected chi connectivity index (χ1v) is 9.09. The summed E-state index contributed by atoms with van der Waals surface area (Å²) < 4.78 is 0.804. The molecule has 5 heteroatoms. The van der Waals surface area contributed by atoms with Gasteiger partial charge in [0.2, 0.25) is 11.8 Å². The van der Waals surface area contributed by atoms with Crippen molar-refractivity contribution in [3.8, 4) is 0 Å². The smallest absolute Gasteiger partial charge is 0.244 e. The summed E-state index contributed by atoms with van der Waals surface area (Å²) >= 11 is 3.39. The molecule has 3 rings (SSSR count). The highest BCUT2D eigenvalue weighted by atomic mass is 79.9. The summed E-state index contributed by atoms with van der Waals surface area (Å²) in [7, 11) is 1.65. The maximum absolute atomic E-state index is 12.5. The van der Waals surface area contributed by atoms with Crippen LogP contribution in [0.4, 0.5) is 5.69 Å². The van der Waals surface area contributed by atoms with Crippen molar-refractivity contribution < 1.29 is 9.59 Å². The Kier molecular flexibility index (Phi) is 5.68. The second-order valence-corrected chi connectivity index (χ2v) is 6.95. The number of hydrogen-bond donors (Lipinski definition) is 1. The number of para-hydroxylation sites is 1. The van der Waals surface area contributed by atoms with Crippen LogP contribution in [0.2, 0.25) is 0 Å². The van der Waals surface area contributed by atoms with Gasteiger partial charge in [-0.05, 0) is 44.4 Å². The van der Waals surface area contributed by atoms with Gasteiger partial charge in [-0.15, -0.1) is 0 Å². The Morgan fingerprint density at radius 3 is 2.46 bits per heavy atom. The first-order valence-electron chi connectivity index (χ1n) is 8.29. The van der Waals surface area contributed by atoms with E-state index in [9.17, 15) is 9.59 Å². The van der Waals surface area contributed by atoms with Gasteiger partial charge in [-0.2, -0.15) is 0 Å². The molecule has 0 aliphatic rings. The highest BCUT2D eigenvalue weighted by Crippen LogP contribution is 2.21. The second-order valence-electron chi connectivity index (χ2n) is 6.09. The number of nitrogens with zero attached hydrogens (tertiary/aromatic N) is 1. The number of halogens is 1. The Labute approximate surface area is 160 Å². The fraction of sp³-hybridized carbons (Fsp3) is 0.143. The first-order chi connectivity index (χ1) is 12.5. The average Bonchev–Trinajstić information content (AvgIpc) is 2.64. The molecule has 0 saturated carbocycles. The first kappa shape index (κ1) is 18.1. The molecule has 3 aromatic carbocycles. The van der Waals surface area contributed by atoms with E-state index >= 15 is 0 Å². The van der Waals surface area contributed by atoms with Gasteiger partial charge in [-0.3, -0.25) is 9.59 Å². The van der Waals surface area contributed by atoms with Crippen molar-refractivity contribution in [2.24, 2.45) is 0 Å². The van der Waals surface area contributed by atoms with Crippen LogP contribution < -0.4 is 5.32 Å². The van der Waals surface area contributed by atoms with E-state index in [0.717, 1.165) is 20.8 Å². The molecule has 3 aromatic rings. The van der Waals surface area contributed by atoms with Crippen LogP contribution in [0.25, 0.3) is 10.8 Å². The summed E-state index contributed by atoms with van der Waals surface area (Å²) in [6, 6.07) is 21.3. The van der Waals surface area contributed by atoms with Gasteiger partial charge in [0.1, 0.15) is 0 Å². The largest absolute Gasteiger partial charge is 0.336 e. The van der Waals surface area contributed by atoms with Crippen molar-refractivity contribution in [2.75, 3.05) is 18.9 Å². The van der Waals surface area contributed by atoms with Crippen LogP contribution in [0, 0.1) is 0 Å². The molecule has 0 radical (unpaired) electrons. The lowest BCUT2D eigenvalue weighted by atomic mass is 10.0. The molecule has 0 spiro atoms. The minimum absolute atomic E-state index is 0.00489. The third-order valence-electron chi connectivity index (χ3n) is 4.18. The molecular weight excluding hydrogens is 392 g/mol. The van der Waals surface area contributed by atoms with Crippen molar-refractivity contribution in [2.45, 2.75) is 6.42 Å². The number of benzene rings is 3. The molecule has 0 aliphatic heterocycles. The molecule has 2 amide bonds. The van der Waals surface area contributed by atoms with Crippen LogP contribution >= 0.6 is 15.9 Å². The van der Waals surface area contributed by atoms with Gasteiger partial charge >= 0.3 is 0 Å². The summed E-state index contributed by atoms with van der Waals surface area (Å²) in [6.45, 7) is 0.00489. The highest BCUT2D eigenvalue weighted by Gasteiger charge is 2.15. The van der Waals surface area contributed by atoms with Gasteiger partial charge in [-0.1, -0.05) is 54.6 Å². The van der Waals surface area contributed by atoms with Crippen molar-refractivity contribution in [3.05, 3.63) is 76.8 Å². The topological polar surface area (TPSA) is 49.4 Å². The van der Waals surface area contributed by atoms with E-state index in [1.54, 1.807) is 13.1 Å². The minimum atomic E-state index is -0.231. The number of nitrogens with one attached hydrogen (secondary N) is 1. The molecule has 0 heterocycles. The molecule has 0 fully saturated rings. The van der Waals surface area contributed by atoms with Crippen molar-refractivity contribution in [1.82, 2.24) is 4.90 Å². The van der Waals surface area contributed by atoms with Crippen LogP contribution in [0.1, 0.15) is 5.56 Å². The molecule has 132 valence electrons. The number of anilines is 1. The quantitative estimate of drug-likeness (QED) is 0.683. The number of likely N-dealkylation sites (N-methyl/N-ethyl adjacent to an activating group) is 1. The molecule has 0 aliphatic carbocycles. The van der Waals surface area contributed by atoms with Gasteiger partial charge < -0.3 is 10.2 Å². The summed E-state index contributed by atoms with van der Waals surface area (Å²) in [5, 5.41) is 4.98. The molecule has 0 unspecified atom stereocenters. The van der Waals surface area contributed by atoms with Gasteiger partial charge in [0.25, 0.3) is 0 Å². The van der Waals surface area contributed by atoms with E-state index in [0.29, 0.717) is 5.69 Å². The maximum Gasteiger partial charge on any atom is 0.244 e. The number of fused-ring (bicyclic) bond motifs is 1. The molecule has 0 aromatic heterocycles. The number of carbonyl (C=O) groups excluding carboxylic acids is 2. The monoisotopic (exact) mass is 410 g/mol.